The predicted molar refractivity (Wildman–Crippen MR) is 71.8 cm³/mol. The molecule has 4 nitrogen and oxygen atoms in total. The largest absolute Gasteiger partial charge is 0.392 e. The van der Waals surface area contributed by atoms with Crippen LogP contribution in [0, 0.1) is 5.41 Å². The van der Waals surface area contributed by atoms with Crippen LogP contribution in [0.5, 0.6) is 0 Å². The van der Waals surface area contributed by atoms with Gasteiger partial charge in [-0.3, -0.25) is 4.79 Å². The fourth-order valence-corrected chi connectivity index (χ4v) is 2.30. The van der Waals surface area contributed by atoms with E-state index >= 15 is 0 Å². The first kappa shape index (κ1) is 13.2. The van der Waals surface area contributed by atoms with E-state index in [1.54, 1.807) is 18.2 Å². The molecule has 2 atom stereocenters. The third kappa shape index (κ3) is 2.18. The Bertz CT molecular complexity index is 488. The van der Waals surface area contributed by atoms with Crippen molar-refractivity contribution < 1.29 is 9.90 Å². The van der Waals surface area contributed by atoms with E-state index in [0.717, 1.165) is 0 Å². The lowest BCUT2D eigenvalue weighted by Crippen LogP contribution is -2.56. The maximum absolute atomic E-state index is 11.1. The van der Waals surface area contributed by atoms with Crippen molar-refractivity contribution >= 4 is 23.2 Å². The Morgan fingerprint density at radius 2 is 2.22 bits per heavy atom. The Morgan fingerprint density at radius 1 is 1.56 bits per heavy atom. The summed E-state index contributed by atoms with van der Waals surface area (Å²) < 4.78 is 0. The van der Waals surface area contributed by atoms with E-state index < -0.39 is 5.91 Å². The van der Waals surface area contributed by atoms with E-state index in [2.05, 4.69) is 5.32 Å². The molecule has 1 fully saturated rings. The molecule has 18 heavy (non-hydrogen) atoms. The number of carbonyl (C=O) groups is 1. The van der Waals surface area contributed by atoms with Gasteiger partial charge in [0.05, 0.1) is 16.8 Å². The van der Waals surface area contributed by atoms with Crippen LogP contribution >= 0.6 is 11.6 Å². The van der Waals surface area contributed by atoms with Gasteiger partial charge in [0, 0.05) is 17.0 Å². The molecule has 0 spiro atoms. The number of hydrogen-bond acceptors (Lipinski definition) is 3. The molecule has 0 heterocycles. The summed E-state index contributed by atoms with van der Waals surface area (Å²) in [4.78, 5) is 11.1. The first-order valence-corrected chi connectivity index (χ1v) is 6.24. The average molecular weight is 269 g/mol. The van der Waals surface area contributed by atoms with Crippen LogP contribution in [-0.4, -0.2) is 23.2 Å². The number of carbonyl (C=O) groups excluding carboxylic acids is 1. The number of aliphatic hydroxyl groups is 1. The number of anilines is 1. The van der Waals surface area contributed by atoms with Crippen LogP contribution in [-0.2, 0) is 0 Å². The molecule has 2 unspecified atom stereocenters. The Hall–Kier alpha value is -1.26. The number of amides is 1. The van der Waals surface area contributed by atoms with E-state index in [-0.39, 0.29) is 17.6 Å². The van der Waals surface area contributed by atoms with E-state index in [0.29, 0.717) is 22.7 Å². The normalized spacial score (nSPS) is 25.3. The maximum atomic E-state index is 11.1. The van der Waals surface area contributed by atoms with Crippen LogP contribution < -0.4 is 11.1 Å². The van der Waals surface area contributed by atoms with Crippen LogP contribution in [0.15, 0.2) is 18.2 Å². The fraction of sp³-hybridized carbons (Fsp3) is 0.462. The molecule has 1 aromatic carbocycles. The lowest BCUT2D eigenvalue weighted by atomic mass is 9.64. The first-order valence-electron chi connectivity index (χ1n) is 5.86. The summed E-state index contributed by atoms with van der Waals surface area (Å²) in [5.41, 5.74) is 6.13. The SMILES string of the molecule is CC1(C)C(O)CC1Nc1cc(C(N)=O)ccc1Cl. The molecule has 0 aliphatic heterocycles. The number of primary amides is 1. The Balaban J connectivity index is 2.19. The molecule has 4 N–H and O–H groups in total. The molecule has 0 radical (unpaired) electrons. The lowest BCUT2D eigenvalue weighted by Gasteiger charge is -2.50. The van der Waals surface area contributed by atoms with Gasteiger partial charge in [0.25, 0.3) is 0 Å². The summed E-state index contributed by atoms with van der Waals surface area (Å²) in [5.74, 6) is -0.484. The van der Waals surface area contributed by atoms with Crippen molar-refractivity contribution in [3.8, 4) is 0 Å². The van der Waals surface area contributed by atoms with Crippen LogP contribution in [0.1, 0.15) is 30.6 Å². The Kier molecular flexibility index (Phi) is 3.25. The number of benzene rings is 1. The van der Waals surface area contributed by atoms with Gasteiger partial charge in [-0.05, 0) is 24.6 Å². The number of nitrogens with one attached hydrogen (secondary N) is 1. The monoisotopic (exact) mass is 268 g/mol. The molecule has 0 bridgehead atoms. The zero-order chi connectivity index (χ0) is 13.5. The minimum absolute atomic E-state index is 0.133. The molecule has 1 aliphatic rings. The van der Waals surface area contributed by atoms with Gasteiger partial charge in [-0.2, -0.15) is 0 Å². The quantitative estimate of drug-likeness (QED) is 0.785. The highest BCUT2D eigenvalue weighted by atomic mass is 35.5. The molecular formula is C13H17ClN2O2. The van der Waals surface area contributed by atoms with Crippen LogP contribution in [0.2, 0.25) is 5.02 Å². The van der Waals surface area contributed by atoms with Crippen LogP contribution in [0.3, 0.4) is 0 Å². The van der Waals surface area contributed by atoms with Crippen molar-refractivity contribution in [1.82, 2.24) is 0 Å². The van der Waals surface area contributed by atoms with Crippen molar-refractivity contribution in [3.63, 3.8) is 0 Å². The zero-order valence-corrected chi connectivity index (χ0v) is 11.2. The minimum Gasteiger partial charge on any atom is -0.392 e. The average Bonchev–Trinajstić information content (AvgIpc) is 2.30. The second kappa shape index (κ2) is 4.44. The molecule has 1 aliphatic carbocycles. The molecule has 5 heteroatoms. The van der Waals surface area contributed by atoms with Crippen molar-refractivity contribution in [2.45, 2.75) is 32.4 Å². The van der Waals surface area contributed by atoms with Crippen molar-refractivity contribution in [3.05, 3.63) is 28.8 Å². The smallest absolute Gasteiger partial charge is 0.248 e. The molecule has 0 saturated heterocycles. The fourth-order valence-electron chi connectivity index (χ4n) is 2.12. The zero-order valence-electron chi connectivity index (χ0n) is 10.4. The van der Waals surface area contributed by atoms with Crippen LogP contribution in [0.4, 0.5) is 5.69 Å². The van der Waals surface area contributed by atoms with Crippen molar-refractivity contribution in [2.75, 3.05) is 5.32 Å². The number of hydrogen-bond donors (Lipinski definition) is 3. The topological polar surface area (TPSA) is 75.3 Å². The van der Waals surface area contributed by atoms with Gasteiger partial charge < -0.3 is 16.2 Å². The Labute approximate surface area is 111 Å². The van der Waals surface area contributed by atoms with Gasteiger partial charge in [0.2, 0.25) is 5.91 Å². The molecule has 1 aromatic rings. The number of nitrogens with two attached hydrogens (primary N) is 1. The summed E-state index contributed by atoms with van der Waals surface area (Å²) in [6, 6.07) is 5.02. The molecule has 1 amide bonds. The number of halogens is 1. The van der Waals surface area contributed by atoms with Gasteiger partial charge >= 0.3 is 0 Å². The summed E-state index contributed by atoms with van der Waals surface area (Å²) in [6.07, 6.45) is 0.359. The van der Waals surface area contributed by atoms with E-state index in [9.17, 15) is 9.90 Å². The third-order valence-corrected chi connectivity index (χ3v) is 4.13. The summed E-state index contributed by atoms with van der Waals surface area (Å²) in [7, 11) is 0. The second-order valence-electron chi connectivity index (χ2n) is 5.33. The minimum atomic E-state index is -0.484. The molecular weight excluding hydrogens is 252 g/mol. The lowest BCUT2D eigenvalue weighted by molar-refractivity contribution is -0.0510. The summed E-state index contributed by atoms with van der Waals surface area (Å²) in [5, 5.41) is 13.5. The van der Waals surface area contributed by atoms with Gasteiger partial charge in [0.15, 0.2) is 0 Å². The van der Waals surface area contributed by atoms with E-state index in [1.807, 2.05) is 13.8 Å². The van der Waals surface area contributed by atoms with Gasteiger partial charge in [-0.1, -0.05) is 25.4 Å². The van der Waals surface area contributed by atoms with Gasteiger partial charge in [-0.25, -0.2) is 0 Å². The van der Waals surface area contributed by atoms with Gasteiger partial charge in [0.1, 0.15) is 0 Å². The molecule has 1 saturated carbocycles. The van der Waals surface area contributed by atoms with E-state index in [4.69, 9.17) is 17.3 Å². The van der Waals surface area contributed by atoms with Gasteiger partial charge in [-0.15, -0.1) is 0 Å². The third-order valence-electron chi connectivity index (χ3n) is 3.80. The van der Waals surface area contributed by atoms with Crippen LogP contribution in [0.25, 0.3) is 0 Å². The molecule has 0 aromatic heterocycles. The highest BCUT2D eigenvalue weighted by Crippen LogP contribution is 2.43. The first-order chi connectivity index (χ1) is 8.32. The molecule has 2 rings (SSSR count). The molecule has 98 valence electrons. The highest BCUT2D eigenvalue weighted by molar-refractivity contribution is 6.33. The second-order valence-corrected chi connectivity index (χ2v) is 5.74. The standard InChI is InChI=1S/C13H17ClN2O2/c1-13(2)10(6-11(13)17)16-9-5-7(12(15)18)3-4-8(9)14/h3-5,10-11,16-17H,6H2,1-2H3,(H2,15,18). The predicted octanol–water partition coefficient (Wildman–Crippen LogP) is 2.01. The highest BCUT2D eigenvalue weighted by Gasteiger charge is 2.47. The van der Waals surface area contributed by atoms with Crippen molar-refractivity contribution in [1.29, 1.82) is 0 Å². The summed E-state index contributed by atoms with van der Waals surface area (Å²) in [6.45, 7) is 3.98. The van der Waals surface area contributed by atoms with E-state index in [1.165, 1.54) is 0 Å². The maximum Gasteiger partial charge on any atom is 0.248 e. The summed E-state index contributed by atoms with van der Waals surface area (Å²) >= 11 is 6.08. The number of rotatable bonds is 3. The van der Waals surface area contributed by atoms with Crippen molar-refractivity contribution in [2.24, 2.45) is 11.1 Å². The number of aliphatic hydroxyl groups excluding tert-OH is 1. The Morgan fingerprint density at radius 3 is 2.72 bits per heavy atom.